The van der Waals surface area contributed by atoms with Gasteiger partial charge in [-0.05, 0) is 53.8 Å². The van der Waals surface area contributed by atoms with Crippen molar-refractivity contribution in [1.29, 1.82) is 0 Å². The number of nitrogens with one attached hydrogen (secondary N) is 1. The molecule has 0 aliphatic rings. The summed E-state index contributed by atoms with van der Waals surface area (Å²) in [5.41, 5.74) is 1.39. The fourth-order valence-electron chi connectivity index (χ4n) is 1.96. The van der Waals surface area contributed by atoms with E-state index in [9.17, 15) is 8.78 Å². The molecule has 2 rings (SSSR count). The number of rotatable bonds is 5. The molecule has 1 atom stereocenters. The first-order valence-electron chi connectivity index (χ1n) is 6.22. The van der Waals surface area contributed by atoms with E-state index in [0.717, 1.165) is 9.26 Å². The molecule has 0 bridgehead atoms. The molecule has 0 saturated carbocycles. The highest BCUT2D eigenvalue weighted by Crippen LogP contribution is 2.31. The molecule has 0 aliphatic carbocycles. The number of hydrogen-bond donors (Lipinski definition) is 1. The minimum absolute atomic E-state index is 0.161. The van der Waals surface area contributed by atoms with Gasteiger partial charge >= 0.3 is 6.61 Å². The summed E-state index contributed by atoms with van der Waals surface area (Å²) in [7, 11) is 0. The van der Waals surface area contributed by atoms with Crippen LogP contribution in [0.1, 0.15) is 18.5 Å². The van der Waals surface area contributed by atoms with Crippen molar-refractivity contribution in [3.63, 3.8) is 0 Å². The molecular weight excluding hydrogens is 411 g/mol. The second kappa shape index (κ2) is 7.26. The fraction of sp³-hybridized carbons (Fsp3) is 0.200. The van der Waals surface area contributed by atoms with Crippen LogP contribution in [-0.2, 0) is 0 Å². The van der Waals surface area contributed by atoms with E-state index in [-0.39, 0.29) is 11.8 Å². The van der Waals surface area contributed by atoms with E-state index in [1.165, 1.54) is 6.07 Å². The minimum atomic E-state index is -2.85. The Morgan fingerprint density at radius 2 is 1.90 bits per heavy atom. The van der Waals surface area contributed by atoms with Crippen molar-refractivity contribution in [2.75, 3.05) is 5.32 Å². The van der Waals surface area contributed by atoms with Crippen LogP contribution in [0.4, 0.5) is 14.5 Å². The smallest absolute Gasteiger partial charge is 0.387 e. The summed E-state index contributed by atoms with van der Waals surface area (Å²) < 4.78 is 30.4. The van der Waals surface area contributed by atoms with Gasteiger partial charge in [0.15, 0.2) is 0 Å². The van der Waals surface area contributed by atoms with Gasteiger partial charge in [0.05, 0.1) is 16.8 Å². The minimum Gasteiger partial charge on any atom is -0.434 e. The first-order chi connectivity index (χ1) is 9.97. The second-order valence-corrected chi connectivity index (χ2v) is 6.06. The highest BCUT2D eigenvalue weighted by molar-refractivity contribution is 14.1. The molecule has 0 fully saturated rings. The van der Waals surface area contributed by atoms with Crippen LogP contribution >= 0.6 is 34.2 Å². The molecular formula is C15H13ClF2INO. The van der Waals surface area contributed by atoms with Gasteiger partial charge in [-0.15, -0.1) is 0 Å². The number of anilines is 1. The molecule has 0 aliphatic heterocycles. The molecule has 0 heterocycles. The van der Waals surface area contributed by atoms with Crippen molar-refractivity contribution < 1.29 is 13.5 Å². The van der Waals surface area contributed by atoms with Crippen molar-refractivity contribution in [3.05, 3.63) is 56.6 Å². The van der Waals surface area contributed by atoms with Crippen LogP contribution < -0.4 is 10.1 Å². The lowest BCUT2D eigenvalue weighted by atomic mass is 10.1. The maximum Gasteiger partial charge on any atom is 0.387 e. The lowest BCUT2D eigenvalue weighted by molar-refractivity contribution is -0.0505. The summed E-state index contributed by atoms with van der Waals surface area (Å²) >= 11 is 8.34. The first-order valence-corrected chi connectivity index (χ1v) is 7.68. The molecule has 0 aromatic heterocycles. The van der Waals surface area contributed by atoms with E-state index in [1.54, 1.807) is 18.2 Å². The summed E-state index contributed by atoms with van der Waals surface area (Å²) in [6.07, 6.45) is 0. The van der Waals surface area contributed by atoms with Crippen molar-refractivity contribution in [3.8, 4) is 5.75 Å². The van der Waals surface area contributed by atoms with Gasteiger partial charge in [-0.25, -0.2) is 0 Å². The van der Waals surface area contributed by atoms with Crippen LogP contribution in [0.2, 0.25) is 5.02 Å². The molecule has 0 spiro atoms. The van der Waals surface area contributed by atoms with Crippen molar-refractivity contribution >= 4 is 39.9 Å². The van der Waals surface area contributed by atoms with Crippen molar-refractivity contribution in [2.45, 2.75) is 19.6 Å². The van der Waals surface area contributed by atoms with Gasteiger partial charge in [-0.1, -0.05) is 29.8 Å². The largest absolute Gasteiger partial charge is 0.434 e. The standard InChI is InChI=1S/C15H13ClF2INO/c1-9(20-13-7-6-10(19)8-12(13)16)11-4-2-3-5-14(11)21-15(17)18/h2-9,15,20H,1H3. The molecule has 2 aromatic rings. The van der Waals surface area contributed by atoms with E-state index >= 15 is 0 Å². The monoisotopic (exact) mass is 423 g/mol. The van der Waals surface area contributed by atoms with Gasteiger partial charge in [0.25, 0.3) is 0 Å². The summed E-state index contributed by atoms with van der Waals surface area (Å²) in [5, 5.41) is 3.79. The lowest BCUT2D eigenvalue weighted by Crippen LogP contribution is -2.11. The molecule has 1 N–H and O–H groups in total. The van der Waals surface area contributed by atoms with Gasteiger partial charge < -0.3 is 10.1 Å². The number of alkyl halides is 2. The lowest BCUT2D eigenvalue weighted by Gasteiger charge is -2.19. The van der Waals surface area contributed by atoms with Crippen molar-refractivity contribution in [2.24, 2.45) is 0 Å². The van der Waals surface area contributed by atoms with Crippen LogP contribution in [0.5, 0.6) is 5.75 Å². The van der Waals surface area contributed by atoms with E-state index in [1.807, 2.05) is 25.1 Å². The van der Waals surface area contributed by atoms with Crippen LogP contribution in [-0.4, -0.2) is 6.61 Å². The van der Waals surface area contributed by atoms with Crippen molar-refractivity contribution in [1.82, 2.24) is 0 Å². The molecule has 2 nitrogen and oxygen atoms in total. The molecule has 0 saturated heterocycles. The Balaban J connectivity index is 2.22. The van der Waals surface area contributed by atoms with Gasteiger partial charge in [-0.3, -0.25) is 0 Å². The fourth-order valence-corrected chi connectivity index (χ4v) is 2.87. The number of hydrogen-bond acceptors (Lipinski definition) is 2. The summed E-state index contributed by atoms with van der Waals surface area (Å²) in [4.78, 5) is 0. The third kappa shape index (κ3) is 4.44. The predicted molar refractivity (Wildman–Crippen MR) is 89.3 cm³/mol. The van der Waals surface area contributed by atoms with Gasteiger partial charge in [0, 0.05) is 9.13 Å². The average molecular weight is 424 g/mol. The number of halogens is 4. The number of para-hydroxylation sites is 1. The summed E-state index contributed by atoms with van der Waals surface area (Å²) in [6, 6.07) is 12.1. The normalized spacial score (nSPS) is 12.3. The Bertz CT molecular complexity index is 624. The predicted octanol–water partition coefficient (Wildman–Crippen LogP) is 5.72. The molecule has 21 heavy (non-hydrogen) atoms. The molecule has 6 heteroatoms. The molecule has 0 amide bonds. The Kier molecular flexibility index (Phi) is 5.64. The van der Waals surface area contributed by atoms with E-state index in [2.05, 4.69) is 32.6 Å². The Labute approximate surface area is 140 Å². The van der Waals surface area contributed by atoms with E-state index < -0.39 is 6.61 Å². The highest BCUT2D eigenvalue weighted by Gasteiger charge is 2.15. The van der Waals surface area contributed by atoms with Gasteiger partial charge in [0.1, 0.15) is 5.75 Å². The van der Waals surface area contributed by atoms with Gasteiger partial charge in [0.2, 0.25) is 0 Å². The number of benzene rings is 2. The van der Waals surface area contributed by atoms with Crippen LogP contribution in [0.15, 0.2) is 42.5 Å². The Morgan fingerprint density at radius 1 is 1.19 bits per heavy atom. The molecule has 0 radical (unpaired) electrons. The molecule has 112 valence electrons. The molecule has 1 unspecified atom stereocenters. The SMILES string of the molecule is CC(Nc1ccc(I)cc1Cl)c1ccccc1OC(F)F. The zero-order valence-electron chi connectivity index (χ0n) is 11.1. The van der Waals surface area contributed by atoms with Crippen LogP contribution in [0, 0.1) is 3.57 Å². The second-order valence-electron chi connectivity index (χ2n) is 4.41. The zero-order chi connectivity index (χ0) is 15.4. The third-order valence-electron chi connectivity index (χ3n) is 2.90. The quantitative estimate of drug-likeness (QED) is 0.621. The van der Waals surface area contributed by atoms with Gasteiger partial charge in [-0.2, -0.15) is 8.78 Å². The zero-order valence-corrected chi connectivity index (χ0v) is 14.0. The van der Waals surface area contributed by atoms with E-state index in [0.29, 0.717) is 10.6 Å². The van der Waals surface area contributed by atoms with Crippen LogP contribution in [0.25, 0.3) is 0 Å². The third-order valence-corrected chi connectivity index (χ3v) is 3.89. The number of ether oxygens (including phenoxy) is 1. The Morgan fingerprint density at radius 3 is 2.57 bits per heavy atom. The highest BCUT2D eigenvalue weighted by atomic mass is 127. The molecule has 2 aromatic carbocycles. The maximum atomic E-state index is 12.4. The topological polar surface area (TPSA) is 21.3 Å². The van der Waals surface area contributed by atoms with E-state index in [4.69, 9.17) is 11.6 Å². The van der Waals surface area contributed by atoms with Crippen LogP contribution in [0.3, 0.4) is 0 Å². The Hall–Kier alpha value is -1.08. The first kappa shape index (κ1) is 16.3. The average Bonchev–Trinajstić information content (AvgIpc) is 2.42. The summed E-state index contributed by atoms with van der Waals surface area (Å²) in [5.74, 6) is 0.161. The summed E-state index contributed by atoms with van der Waals surface area (Å²) in [6.45, 7) is -0.984. The maximum absolute atomic E-state index is 12.4.